The molecule has 1 aliphatic heterocycles. The molecule has 0 aromatic carbocycles. The van der Waals surface area contributed by atoms with E-state index >= 15 is 0 Å². The van der Waals surface area contributed by atoms with Gasteiger partial charge in [0.25, 0.3) is 0 Å². The van der Waals surface area contributed by atoms with Gasteiger partial charge in [0.1, 0.15) is 5.69 Å². The number of nitrogens with one attached hydrogen (secondary N) is 2. The summed E-state index contributed by atoms with van der Waals surface area (Å²) in [6.07, 6.45) is 2.86. The minimum Gasteiger partial charge on any atom is -0.312 e. The smallest absolute Gasteiger partial charge is 0.108 e. The maximum absolute atomic E-state index is 4.35. The lowest BCUT2D eigenvalue weighted by atomic mass is 10.1. The third-order valence-electron chi connectivity index (χ3n) is 2.48. The molecule has 0 fully saturated rings. The number of rotatable bonds is 1. The van der Waals surface area contributed by atoms with Gasteiger partial charge in [-0.15, -0.1) is 0 Å². The van der Waals surface area contributed by atoms with Crippen molar-refractivity contribution in [3.63, 3.8) is 0 Å². The first-order valence-electron chi connectivity index (χ1n) is 4.63. The molecule has 0 amide bonds. The summed E-state index contributed by atoms with van der Waals surface area (Å²) < 4.78 is 4.09. The van der Waals surface area contributed by atoms with Crippen molar-refractivity contribution < 1.29 is 0 Å². The maximum atomic E-state index is 4.35. The molecule has 2 N–H and O–H groups in total. The summed E-state index contributed by atoms with van der Waals surface area (Å²) in [5.74, 6) is 0. The number of hydrogen-bond acceptors (Lipinski definition) is 4. The number of aromatic amines is 1. The normalized spacial score (nSPS) is 15.4. The van der Waals surface area contributed by atoms with E-state index < -0.39 is 0 Å². The summed E-state index contributed by atoms with van der Waals surface area (Å²) in [5.41, 5.74) is 3.64. The number of H-pyrrole nitrogens is 1. The van der Waals surface area contributed by atoms with Gasteiger partial charge in [-0.3, -0.25) is 5.10 Å². The van der Waals surface area contributed by atoms with Crippen molar-refractivity contribution in [2.24, 2.45) is 0 Å². The van der Waals surface area contributed by atoms with Crippen molar-refractivity contribution >= 4 is 11.5 Å². The molecular formula is C9H10N4S. The minimum absolute atomic E-state index is 0.916. The van der Waals surface area contributed by atoms with E-state index in [1.54, 1.807) is 0 Å². The molecule has 0 aliphatic carbocycles. The predicted octanol–water partition coefficient (Wildman–Crippen LogP) is 1.18. The van der Waals surface area contributed by atoms with Gasteiger partial charge in [-0.25, -0.2) is 4.37 Å². The van der Waals surface area contributed by atoms with Crippen LogP contribution < -0.4 is 5.32 Å². The van der Waals surface area contributed by atoms with Crippen LogP contribution in [0.3, 0.4) is 0 Å². The predicted molar refractivity (Wildman–Crippen MR) is 55.1 cm³/mol. The Morgan fingerprint density at radius 1 is 1.43 bits per heavy atom. The molecule has 3 rings (SSSR count). The lowest BCUT2D eigenvalue weighted by molar-refractivity contribution is 0.637. The highest BCUT2D eigenvalue weighted by atomic mass is 32.1. The summed E-state index contributed by atoms with van der Waals surface area (Å²) in [7, 11) is 0. The third kappa shape index (κ3) is 1.17. The number of fused-ring (bicyclic) bond motifs is 1. The molecule has 2 aromatic rings. The van der Waals surface area contributed by atoms with E-state index in [1.165, 1.54) is 22.8 Å². The zero-order chi connectivity index (χ0) is 9.38. The van der Waals surface area contributed by atoms with Gasteiger partial charge in [-0.05, 0) is 17.6 Å². The van der Waals surface area contributed by atoms with Crippen LogP contribution in [0.4, 0.5) is 0 Å². The molecule has 0 saturated heterocycles. The van der Waals surface area contributed by atoms with Crippen LogP contribution in [0.25, 0.3) is 10.6 Å². The monoisotopic (exact) mass is 206 g/mol. The maximum Gasteiger partial charge on any atom is 0.108 e. The Balaban J connectivity index is 2.11. The van der Waals surface area contributed by atoms with Crippen LogP contribution in [0.5, 0.6) is 0 Å². The molecule has 0 atom stereocenters. The van der Waals surface area contributed by atoms with E-state index in [1.807, 2.05) is 12.3 Å². The van der Waals surface area contributed by atoms with E-state index in [9.17, 15) is 0 Å². The number of hydrogen-bond donors (Lipinski definition) is 2. The zero-order valence-corrected chi connectivity index (χ0v) is 8.40. The SMILES string of the molecule is c1cc(-c2n[nH]c3c2CNCC3)sn1. The second-order valence-electron chi connectivity index (χ2n) is 3.33. The Bertz CT molecular complexity index is 432. The highest BCUT2D eigenvalue weighted by Crippen LogP contribution is 2.27. The molecule has 1 aliphatic rings. The Morgan fingerprint density at radius 3 is 3.29 bits per heavy atom. The summed E-state index contributed by atoms with van der Waals surface area (Å²) >= 11 is 1.49. The molecule has 14 heavy (non-hydrogen) atoms. The van der Waals surface area contributed by atoms with Crippen LogP contribution in [-0.2, 0) is 13.0 Å². The average Bonchev–Trinajstić information content (AvgIpc) is 2.85. The molecule has 0 radical (unpaired) electrons. The molecule has 4 nitrogen and oxygen atoms in total. The highest BCUT2D eigenvalue weighted by Gasteiger charge is 2.17. The summed E-state index contributed by atoms with van der Waals surface area (Å²) in [5, 5.41) is 10.8. The van der Waals surface area contributed by atoms with Gasteiger partial charge in [0.2, 0.25) is 0 Å². The van der Waals surface area contributed by atoms with Gasteiger partial charge < -0.3 is 5.32 Å². The van der Waals surface area contributed by atoms with Crippen LogP contribution in [0.2, 0.25) is 0 Å². The fraction of sp³-hybridized carbons (Fsp3) is 0.333. The Labute approximate surface area is 85.5 Å². The second kappa shape index (κ2) is 3.18. The van der Waals surface area contributed by atoms with Crippen molar-refractivity contribution in [2.75, 3.05) is 6.54 Å². The number of nitrogens with zero attached hydrogens (tertiary/aromatic N) is 2. The van der Waals surface area contributed by atoms with Crippen molar-refractivity contribution in [2.45, 2.75) is 13.0 Å². The van der Waals surface area contributed by atoms with Crippen molar-refractivity contribution in [3.05, 3.63) is 23.5 Å². The van der Waals surface area contributed by atoms with Crippen molar-refractivity contribution in [1.82, 2.24) is 19.9 Å². The van der Waals surface area contributed by atoms with Crippen molar-refractivity contribution in [1.29, 1.82) is 0 Å². The lowest BCUT2D eigenvalue weighted by Gasteiger charge is -2.12. The van der Waals surface area contributed by atoms with Crippen LogP contribution in [-0.4, -0.2) is 21.1 Å². The molecule has 0 spiro atoms. The van der Waals surface area contributed by atoms with Crippen LogP contribution in [0.1, 0.15) is 11.3 Å². The lowest BCUT2D eigenvalue weighted by Crippen LogP contribution is -2.23. The Hall–Kier alpha value is -1.20. The van der Waals surface area contributed by atoms with Gasteiger partial charge in [0, 0.05) is 37.0 Å². The Kier molecular flexibility index (Phi) is 1.85. The molecule has 3 heterocycles. The molecule has 0 saturated carbocycles. The van der Waals surface area contributed by atoms with Gasteiger partial charge >= 0.3 is 0 Å². The Morgan fingerprint density at radius 2 is 2.43 bits per heavy atom. The first kappa shape index (κ1) is 8.14. The van der Waals surface area contributed by atoms with Crippen LogP contribution in [0.15, 0.2) is 12.3 Å². The first-order valence-corrected chi connectivity index (χ1v) is 5.40. The van der Waals surface area contributed by atoms with Crippen LogP contribution in [0, 0.1) is 0 Å². The van der Waals surface area contributed by atoms with Gasteiger partial charge in [-0.1, -0.05) is 0 Å². The summed E-state index contributed by atoms with van der Waals surface area (Å²) in [6.45, 7) is 1.95. The molecule has 2 aromatic heterocycles. The quantitative estimate of drug-likeness (QED) is 0.736. The highest BCUT2D eigenvalue weighted by molar-refractivity contribution is 7.09. The van der Waals surface area contributed by atoms with E-state index in [2.05, 4.69) is 19.9 Å². The average molecular weight is 206 g/mol. The molecule has 72 valence electrons. The van der Waals surface area contributed by atoms with Gasteiger partial charge in [-0.2, -0.15) is 5.10 Å². The standard InChI is InChI=1S/C9H10N4S/c1-3-10-5-6-7(1)12-13-9(6)8-2-4-11-14-8/h2,4,10H,1,3,5H2,(H,12,13). The van der Waals surface area contributed by atoms with E-state index in [-0.39, 0.29) is 0 Å². The molecule has 5 heteroatoms. The van der Waals surface area contributed by atoms with E-state index in [0.717, 1.165) is 30.1 Å². The van der Waals surface area contributed by atoms with Crippen LogP contribution >= 0.6 is 11.5 Å². The summed E-state index contributed by atoms with van der Waals surface area (Å²) in [6, 6.07) is 2.01. The summed E-state index contributed by atoms with van der Waals surface area (Å²) in [4.78, 5) is 1.14. The molecule has 0 unspecified atom stereocenters. The molecule has 0 bridgehead atoms. The topological polar surface area (TPSA) is 53.6 Å². The van der Waals surface area contributed by atoms with E-state index in [0.29, 0.717) is 0 Å². The second-order valence-corrected chi connectivity index (χ2v) is 4.17. The minimum atomic E-state index is 0.916. The van der Waals surface area contributed by atoms with Crippen molar-refractivity contribution in [3.8, 4) is 10.6 Å². The third-order valence-corrected chi connectivity index (χ3v) is 3.23. The fourth-order valence-corrected chi connectivity index (χ4v) is 2.38. The first-order chi connectivity index (χ1) is 6.95. The largest absolute Gasteiger partial charge is 0.312 e. The molecular weight excluding hydrogens is 196 g/mol. The van der Waals surface area contributed by atoms with E-state index in [4.69, 9.17) is 0 Å². The van der Waals surface area contributed by atoms with Gasteiger partial charge in [0.15, 0.2) is 0 Å². The van der Waals surface area contributed by atoms with Gasteiger partial charge in [0.05, 0.1) is 4.88 Å². The fourth-order valence-electron chi connectivity index (χ4n) is 1.77. The number of aromatic nitrogens is 3. The zero-order valence-electron chi connectivity index (χ0n) is 7.58.